The Labute approximate surface area is 96.8 Å². The summed E-state index contributed by atoms with van der Waals surface area (Å²) in [5.41, 5.74) is 0.231. The van der Waals surface area contributed by atoms with Crippen LogP contribution in [0.15, 0.2) is 16.6 Å². The number of nitrogens with zero attached hydrogens (tertiary/aromatic N) is 1. The van der Waals surface area contributed by atoms with E-state index in [1.165, 1.54) is 12.1 Å². The van der Waals surface area contributed by atoms with Gasteiger partial charge in [-0.1, -0.05) is 27.5 Å². The largest absolute Gasteiger partial charge is 0.207 e. The van der Waals surface area contributed by atoms with Crippen molar-refractivity contribution in [2.24, 2.45) is 0 Å². The smallest absolute Gasteiger partial charge is 0.130 e. The molecule has 0 saturated carbocycles. The molecular formula is C8H3Br2ClFN. The molecule has 0 bridgehead atoms. The fourth-order valence-electron chi connectivity index (χ4n) is 0.840. The minimum absolute atomic E-state index is 0.231. The lowest BCUT2D eigenvalue weighted by atomic mass is 10.1. The Kier molecular flexibility index (Phi) is 3.72. The van der Waals surface area contributed by atoms with Crippen LogP contribution in [0.25, 0.3) is 0 Å². The third-order valence-corrected chi connectivity index (χ3v) is 3.51. The average Bonchev–Trinajstić information content (AvgIpc) is 2.12. The quantitative estimate of drug-likeness (QED) is 0.560. The fourth-order valence-corrected chi connectivity index (χ4v) is 2.31. The Balaban J connectivity index is 3.35. The van der Waals surface area contributed by atoms with Crippen LogP contribution in [0.3, 0.4) is 0 Å². The highest BCUT2D eigenvalue weighted by Crippen LogP contribution is 2.35. The van der Waals surface area contributed by atoms with Gasteiger partial charge in [-0.25, -0.2) is 4.39 Å². The van der Waals surface area contributed by atoms with Crippen LogP contribution in [0.1, 0.15) is 10.4 Å². The van der Waals surface area contributed by atoms with Crippen LogP contribution in [-0.2, 0) is 0 Å². The van der Waals surface area contributed by atoms with Gasteiger partial charge in [-0.15, -0.1) is 0 Å². The second-order valence-corrected chi connectivity index (χ2v) is 4.36. The van der Waals surface area contributed by atoms with Crippen molar-refractivity contribution in [2.45, 2.75) is 4.83 Å². The van der Waals surface area contributed by atoms with Gasteiger partial charge in [-0.3, -0.25) is 0 Å². The maximum Gasteiger partial charge on any atom is 0.130 e. The van der Waals surface area contributed by atoms with Crippen LogP contribution in [0.2, 0.25) is 5.02 Å². The summed E-state index contributed by atoms with van der Waals surface area (Å²) >= 11 is 11.9. The first-order valence-corrected chi connectivity index (χ1v) is 5.33. The lowest BCUT2D eigenvalue weighted by Crippen LogP contribution is -1.93. The van der Waals surface area contributed by atoms with E-state index in [1.54, 1.807) is 0 Å². The van der Waals surface area contributed by atoms with E-state index < -0.39 is 10.6 Å². The zero-order valence-electron chi connectivity index (χ0n) is 6.19. The first kappa shape index (κ1) is 11.0. The third kappa shape index (κ3) is 2.22. The predicted molar refractivity (Wildman–Crippen MR) is 56.4 cm³/mol. The first-order valence-electron chi connectivity index (χ1n) is 3.25. The molecule has 1 atom stereocenters. The number of alkyl halides is 1. The molecular weight excluding hydrogens is 324 g/mol. The van der Waals surface area contributed by atoms with Gasteiger partial charge in [0.05, 0.1) is 11.1 Å². The summed E-state index contributed by atoms with van der Waals surface area (Å²) in [5.74, 6) is -0.459. The molecule has 5 heteroatoms. The van der Waals surface area contributed by atoms with Gasteiger partial charge in [0.2, 0.25) is 0 Å². The molecule has 1 unspecified atom stereocenters. The van der Waals surface area contributed by atoms with Crippen LogP contribution in [-0.4, -0.2) is 0 Å². The number of benzene rings is 1. The summed E-state index contributed by atoms with van der Waals surface area (Å²) in [6, 6.07) is 4.54. The van der Waals surface area contributed by atoms with E-state index in [4.69, 9.17) is 16.9 Å². The second kappa shape index (κ2) is 4.41. The molecule has 0 heterocycles. The monoisotopic (exact) mass is 325 g/mol. The SMILES string of the molecule is N#CC(Br)c1c(F)ccc(Cl)c1Br. The molecule has 0 aliphatic heterocycles. The van der Waals surface area contributed by atoms with E-state index in [-0.39, 0.29) is 5.56 Å². The maximum absolute atomic E-state index is 13.2. The van der Waals surface area contributed by atoms with Crippen molar-refractivity contribution in [2.75, 3.05) is 0 Å². The van der Waals surface area contributed by atoms with Crippen molar-refractivity contribution in [1.82, 2.24) is 0 Å². The molecule has 0 saturated heterocycles. The van der Waals surface area contributed by atoms with Crippen LogP contribution in [0.5, 0.6) is 0 Å². The molecule has 0 N–H and O–H groups in total. The topological polar surface area (TPSA) is 23.8 Å². The Morgan fingerprint density at radius 2 is 2.15 bits per heavy atom. The van der Waals surface area contributed by atoms with E-state index in [1.807, 2.05) is 6.07 Å². The maximum atomic E-state index is 13.2. The summed E-state index contributed by atoms with van der Waals surface area (Å²) in [4.78, 5) is -0.694. The molecule has 1 aromatic carbocycles. The van der Waals surface area contributed by atoms with Crippen molar-refractivity contribution >= 4 is 43.5 Å². The van der Waals surface area contributed by atoms with E-state index in [0.717, 1.165) is 0 Å². The van der Waals surface area contributed by atoms with Crippen LogP contribution in [0.4, 0.5) is 4.39 Å². The number of halogens is 4. The van der Waals surface area contributed by atoms with E-state index in [2.05, 4.69) is 31.9 Å². The van der Waals surface area contributed by atoms with Gasteiger partial charge in [0.15, 0.2) is 0 Å². The highest BCUT2D eigenvalue weighted by molar-refractivity contribution is 9.11. The molecule has 0 spiro atoms. The molecule has 0 amide bonds. The average molecular weight is 327 g/mol. The van der Waals surface area contributed by atoms with E-state index in [9.17, 15) is 4.39 Å². The zero-order valence-corrected chi connectivity index (χ0v) is 10.1. The minimum atomic E-state index is -0.694. The summed E-state index contributed by atoms with van der Waals surface area (Å²) in [7, 11) is 0. The van der Waals surface area contributed by atoms with Gasteiger partial charge in [-0.2, -0.15) is 5.26 Å². The van der Waals surface area contributed by atoms with E-state index >= 15 is 0 Å². The second-order valence-electron chi connectivity index (χ2n) is 2.25. The van der Waals surface area contributed by atoms with Gasteiger partial charge < -0.3 is 0 Å². The van der Waals surface area contributed by atoms with Crippen molar-refractivity contribution in [1.29, 1.82) is 5.26 Å². The van der Waals surface area contributed by atoms with Gasteiger partial charge in [0.1, 0.15) is 10.6 Å². The fraction of sp³-hybridized carbons (Fsp3) is 0.125. The summed E-state index contributed by atoms with van der Waals surface area (Å²) < 4.78 is 13.6. The zero-order chi connectivity index (χ0) is 10.0. The van der Waals surface area contributed by atoms with Crippen molar-refractivity contribution in [3.05, 3.63) is 33.0 Å². The van der Waals surface area contributed by atoms with E-state index in [0.29, 0.717) is 9.50 Å². The standard InChI is InChI=1S/C8H3Br2ClFN/c9-4(3-13)7-6(12)2-1-5(11)8(7)10/h1-2,4H. The highest BCUT2D eigenvalue weighted by Gasteiger charge is 2.17. The van der Waals surface area contributed by atoms with Crippen LogP contribution < -0.4 is 0 Å². The third-order valence-electron chi connectivity index (χ3n) is 1.45. The normalized spacial score (nSPS) is 12.2. The Morgan fingerprint density at radius 1 is 1.54 bits per heavy atom. The molecule has 1 nitrogen and oxygen atoms in total. The van der Waals surface area contributed by atoms with Gasteiger partial charge >= 0.3 is 0 Å². The van der Waals surface area contributed by atoms with Crippen LogP contribution >= 0.6 is 43.5 Å². The summed E-state index contributed by atoms with van der Waals surface area (Å²) in [6.07, 6.45) is 0. The molecule has 1 aromatic rings. The number of nitriles is 1. The molecule has 68 valence electrons. The summed E-state index contributed by atoms with van der Waals surface area (Å²) in [5, 5.41) is 8.99. The predicted octanol–water partition coefficient (Wildman–Crippen LogP) is 4.20. The molecule has 0 fully saturated rings. The van der Waals surface area contributed by atoms with Crippen molar-refractivity contribution in [3.63, 3.8) is 0 Å². The van der Waals surface area contributed by atoms with Gasteiger partial charge in [-0.05, 0) is 28.1 Å². The first-order chi connectivity index (χ1) is 6.07. The Hall–Kier alpha value is -0.110. The van der Waals surface area contributed by atoms with Crippen LogP contribution in [0, 0.1) is 17.1 Å². The highest BCUT2D eigenvalue weighted by atomic mass is 79.9. The molecule has 0 aromatic heterocycles. The molecule has 0 aliphatic carbocycles. The molecule has 13 heavy (non-hydrogen) atoms. The summed E-state index contributed by atoms with van der Waals surface area (Å²) in [6.45, 7) is 0. The number of hydrogen-bond acceptors (Lipinski definition) is 1. The Morgan fingerprint density at radius 3 is 2.69 bits per heavy atom. The number of hydrogen-bond donors (Lipinski definition) is 0. The molecule has 0 radical (unpaired) electrons. The lowest BCUT2D eigenvalue weighted by molar-refractivity contribution is 0.613. The molecule has 0 aliphatic rings. The lowest BCUT2D eigenvalue weighted by Gasteiger charge is -2.07. The number of rotatable bonds is 1. The Bertz CT molecular complexity index is 375. The minimum Gasteiger partial charge on any atom is -0.207 e. The van der Waals surface area contributed by atoms with Crippen molar-refractivity contribution in [3.8, 4) is 6.07 Å². The van der Waals surface area contributed by atoms with Gasteiger partial charge in [0.25, 0.3) is 0 Å². The van der Waals surface area contributed by atoms with Gasteiger partial charge in [0, 0.05) is 10.0 Å². The van der Waals surface area contributed by atoms with Crippen molar-refractivity contribution < 1.29 is 4.39 Å². The molecule has 1 rings (SSSR count).